The lowest BCUT2D eigenvalue weighted by atomic mass is 10.1. The van der Waals surface area contributed by atoms with Crippen molar-refractivity contribution in [3.8, 4) is 0 Å². The monoisotopic (exact) mass is 326 g/mol. The predicted molar refractivity (Wildman–Crippen MR) is 94.6 cm³/mol. The molecule has 0 saturated carbocycles. The Balaban J connectivity index is 1.75. The fourth-order valence-electron chi connectivity index (χ4n) is 2.75. The fraction of sp³-hybridized carbons (Fsp3) is 0.211. The molecule has 0 bridgehead atoms. The number of carbonyl (C=O) groups is 1. The van der Waals surface area contributed by atoms with Crippen LogP contribution in [0.25, 0.3) is 10.9 Å². The van der Waals surface area contributed by atoms with Crippen molar-refractivity contribution in [3.05, 3.63) is 70.9 Å². The Bertz CT molecular complexity index is 823. The van der Waals surface area contributed by atoms with E-state index in [-0.39, 0.29) is 11.9 Å². The van der Waals surface area contributed by atoms with Crippen molar-refractivity contribution in [1.82, 2.24) is 9.88 Å². The first-order valence-electron chi connectivity index (χ1n) is 7.62. The second kappa shape index (κ2) is 6.47. The Hall–Kier alpha value is -2.26. The molecule has 0 aliphatic heterocycles. The Morgan fingerprint density at radius 3 is 2.61 bits per heavy atom. The number of fused-ring (bicyclic) bond motifs is 1. The van der Waals surface area contributed by atoms with Crippen molar-refractivity contribution >= 4 is 28.4 Å². The van der Waals surface area contributed by atoms with Gasteiger partial charge in [-0.25, -0.2) is 0 Å². The summed E-state index contributed by atoms with van der Waals surface area (Å²) in [5, 5.41) is 1.81. The van der Waals surface area contributed by atoms with Gasteiger partial charge in [0, 0.05) is 29.2 Å². The zero-order valence-corrected chi connectivity index (χ0v) is 14.0. The number of carbonyl (C=O) groups excluding carboxylic acids is 1. The summed E-state index contributed by atoms with van der Waals surface area (Å²) in [5.74, 6) is 0.0946. The van der Waals surface area contributed by atoms with Gasteiger partial charge in [-0.15, -0.1) is 0 Å². The minimum atomic E-state index is 0.00460. The quantitative estimate of drug-likeness (QED) is 0.748. The van der Waals surface area contributed by atoms with Crippen LogP contribution in [0.2, 0.25) is 5.02 Å². The van der Waals surface area contributed by atoms with E-state index in [1.54, 1.807) is 4.90 Å². The van der Waals surface area contributed by atoms with Gasteiger partial charge in [0.2, 0.25) is 5.91 Å². The highest BCUT2D eigenvalue weighted by molar-refractivity contribution is 6.30. The number of para-hydroxylation sites is 1. The number of nitrogens with zero attached hydrogens (tertiary/aromatic N) is 1. The maximum atomic E-state index is 12.6. The van der Waals surface area contributed by atoms with Gasteiger partial charge >= 0.3 is 0 Å². The van der Waals surface area contributed by atoms with Gasteiger partial charge in [0.05, 0.1) is 12.5 Å². The van der Waals surface area contributed by atoms with Gasteiger partial charge in [0.25, 0.3) is 0 Å². The van der Waals surface area contributed by atoms with Crippen LogP contribution >= 0.6 is 11.6 Å². The third-order valence-electron chi connectivity index (χ3n) is 4.34. The predicted octanol–water partition coefficient (Wildman–Crippen LogP) is 4.58. The van der Waals surface area contributed by atoms with Crippen LogP contribution < -0.4 is 0 Å². The Labute approximate surface area is 140 Å². The zero-order chi connectivity index (χ0) is 16.4. The minimum Gasteiger partial charge on any atom is -0.361 e. The van der Waals surface area contributed by atoms with Crippen molar-refractivity contribution in [3.63, 3.8) is 0 Å². The molecule has 0 spiro atoms. The maximum Gasteiger partial charge on any atom is 0.227 e. The molecule has 23 heavy (non-hydrogen) atoms. The van der Waals surface area contributed by atoms with Gasteiger partial charge in [-0.1, -0.05) is 41.9 Å². The van der Waals surface area contributed by atoms with E-state index in [4.69, 9.17) is 11.6 Å². The summed E-state index contributed by atoms with van der Waals surface area (Å²) in [6, 6.07) is 15.7. The lowest BCUT2D eigenvalue weighted by Crippen LogP contribution is -2.30. The normalized spacial score (nSPS) is 12.3. The summed E-state index contributed by atoms with van der Waals surface area (Å²) < 4.78 is 0. The van der Waals surface area contributed by atoms with Crippen molar-refractivity contribution in [2.75, 3.05) is 7.05 Å². The molecule has 118 valence electrons. The Kier molecular flexibility index (Phi) is 4.39. The summed E-state index contributed by atoms with van der Waals surface area (Å²) in [7, 11) is 1.84. The van der Waals surface area contributed by atoms with E-state index in [1.165, 1.54) is 0 Å². The molecule has 0 aliphatic carbocycles. The second-order valence-corrected chi connectivity index (χ2v) is 6.20. The molecule has 0 radical (unpaired) electrons. The molecule has 4 heteroatoms. The van der Waals surface area contributed by atoms with Gasteiger partial charge in [-0.3, -0.25) is 4.79 Å². The molecule has 1 unspecified atom stereocenters. The number of amides is 1. The lowest BCUT2D eigenvalue weighted by Gasteiger charge is -2.25. The number of aromatic nitrogens is 1. The van der Waals surface area contributed by atoms with E-state index in [9.17, 15) is 4.79 Å². The van der Waals surface area contributed by atoms with Crippen LogP contribution in [-0.4, -0.2) is 22.8 Å². The number of benzene rings is 2. The largest absolute Gasteiger partial charge is 0.361 e. The second-order valence-electron chi connectivity index (χ2n) is 5.77. The van der Waals surface area contributed by atoms with Gasteiger partial charge in [-0.2, -0.15) is 0 Å². The molecule has 0 fully saturated rings. The first-order chi connectivity index (χ1) is 11.1. The summed E-state index contributed by atoms with van der Waals surface area (Å²) in [6.45, 7) is 2.02. The third kappa shape index (κ3) is 3.25. The average molecular weight is 327 g/mol. The molecule has 0 saturated heterocycles. The van der Waals surface area contributed by atoms with Gasteiger partial charge in [0.15, 0.2) is 0 Å². The van der Waals surface area contributed by atoms with Crippen LogP contribution in [0.1, 0.15) is 24.1 Å². The summed E-state index contributed by atoms with van der Waals surface area (Å²) in [4.78, 5) is 17.6. The van der Waals surface area contributed by atoms with Crippen LogP contribution in [0, 0.1) is 0 Å². The van der Waals surface area contributed by atoms with Gasteiger partial charge < -0.3 is 9.88 Å². The van der Waals surface area contributed by atoms with Crippen LogP contribution in [0.4, 0.5) is 0 Å². The van der Waals surface area contributed by atoms with Crippen molar-refractivity contribution in [2.24, 2.45) is 0 Å². The van der Waals surface area contributed by atoms with E-state index >= 15 is 0 Å². The molecule has 1 atom stereocenters. The maximum absolute atomic E-state index is 12.6. The molecule has 1 N–H and O–H groups in total. The number of likely N-dealkylation sites (N-methyl/N-ethyl adjacent to an activating group) is 1. The highest BCUT2D eigenvalue weighted by Gasteiger charge is 2.18. The highest BCUT2D eigenvalue weighted by atomic mass is 35.5. The summed E-state index contributed by atoms with van der Waals surface area (Å²) in [5.41, 5.74) is 3.16. The summed E-state index contributed by atoms with van der Waals surface area (Å²) >= 11 is 5.92. The van der Waals surface area contributed by atoms with E-state index < -0.39 is 0 Å². The number of rotatable bonds is 4. The molecule has 1 heterocycles. The number of hydrogen-bond acceptors (Lipinski definition) is 1. The third-order valence-corrected chi connectivity index (χ3v) is 4.60. The van der Waals surface area contributed by atoms with Crippen LogP contribution in [-0.2, 0) is 11.2 Å². The number of halogens is 1. The molecule has 3 nitrogen and oxygen atoms in total. The summed E-state index contributed by atoms with van der Waals surface area (Å²) in [6.07, 6.45) is 2.31. The lowest BCUT2D eigenvalue weighted by molar-refractivity contribution is -0.131. The first-order valence-corrected chi connectivity index (χ1v) is 8.00. The number of hydrogen-bond donors (Lipinski definition) is 1. The van der Waals surface area contributed by atoms with E-state index in [1.807, 2.05) is 68.7 Å². The molecule has 3 aromatic rings. The fourth-order valence-corrected chi connectivity index (χ4v) is 2.87. The number of nitrogens with one attached hydrogen (secondary N) is 1. The van der Waals surface area contributed by atoms with Crippen LogP contribution in [0.5, 0.6) is 0 Å². The molecular weight excluding hydrogens is 308 g/mol. The zero-order valence-electron chi connectivity index (χ0n) is 13.2. The smallest absolute Gasteiger partial charge is 0.227 e. The highest BCUT2D eigenvalue weighted by Crippen LogP contribution is 2.23. The van der Waals surface area contributed by atoms with Crippen molar-refractivity contribution in [1.29, 1.82) is 0 Å². The molecule has 0 aliphatic rings. The van der Waals surface area contributed by atoms with E-state index in [0.29, 0.717) is 11.4 Å². The minimum absolute atomic E-state index is 0.00460. The molecule has 2 aromatic carbocycles. The van der Waals surface area contributed by atoms with Crippen molar-refractivity contribution in [2.45, 2.75) is 19.4 Å². The number of H-pyrrole nitrogens is 1. The standard InChI is InChI=1S/C19H19ClN2O/c1-13(14-7-9-16(20)10-8-14)22(2)19(23)11-15-12-21-18-6-4-3-5-17(15)18/h3-10,12-13,21H,11H2,1-2H3. The SMILES string of the molecule is CC(c1ccc(Cl)cc1)N(C)C(=O)Cc1c[nH]c2ccccc12. The molecule has 1 aromatic heterocycles. The first kappa shape index (κ1) is 15.6. The van der Waals surface area contributed by atoms with Crippen LogP contribution in [0.15, 0.2) is 54.7 Å². The van der Waals surface area contributed by atoms with Crippen LogP contribution in [0.3, 0.4) is 0 Å². The Morgan fingerprint density at radius 2 is 1.87 bits per heavy atom. The average Bonchev–Trinajstić information content (AvgIpc) is 2.97. The Morgan fingerprint density at radius 1 is 1.17 bits per heavy atom. The molecule has 1 amide bonds. The van der Waals surface area contributed by atoms with Crippen molar-refractivity contribution < 1.29 is 4.79 Å². The topological polar surface area (TPSA) is 36.1 Å². The van der Waals surface area contributed by atoms with E-state index in [0.717, 1.165) is 22.0 Å². The molecular formula is C19H19ClN2O. The van der Waals surface area contributed by atoms with Gasteiger partial charge in [-0.05, 0) is 36.2 Å². The molecule has 3 rings (SSSR count). The van der Waals surface area contributed by atoms with E-state index in [2.05, 4.69) is 4.98 Å². The number of aromatic amines is 1. The van der Waals surface area contributed by atoms with Gasteiger partial charge in [0.1, 0.15) is 0 Å².